The van der Waals surface area contributed by atoms with Gasteiger partial charge < -0.3 is 31.1 Å². The summed E-state index contributed by atoms with van der Waals surface area (Å²) in [6.07, 6.45) is 1.01. The van der Waals surface area contributed by atoms with Crippen molar-refractivity contribution in [1.82, 2.24) is 4.90 Å². The molecule has 0 aliphatic heterocycles. The molecule has 0 saturated carbocycles. The van der Waals surface area contributed by atoms with Crippen LogP contribution in [0.2, 0.25) is 0 Å². The first kappa shape index (κ1) is 29.3. The number of benzene rings is 2. The summed E-state index contributed by atoms with van der Waals surface area (Å²) in [5, 5.41) is 45.6. The highest BCUT2D eigenvalue weighted by molar-refractivity contribution is 6.25. The first-order chi connectivity index (χ1) is 19.7. The van der Waals surface area contributed by atoms with Crippen molar-refractivity contribution in [3.63, 3.8) is 0 Å². The third-order valence-electron chi connectivity index (χ3n) is 8.86. The first-order valence-corrected chi connectivity index (χ1v) is 13.6. The SMILES string of the molecule is CN(C)c1cc(CCc2ccc(F)cc2)c(O)c2c1C[C@@H]1C[C@@H]3[C@@H](N(C)C)C(O)=C(C(N)=O)C(=O)[C@]3(O)C(O)=C1C2=O. The third-order valence-corrected chi connectivity index (χ3v) is 8.86. The number of phenols is 1. The summed E-state index contributed by atoms with van der Waals surface area (Å²) in [6.45, 7) is 0. The number of allylic oxidation sites excluding steroid dienone is 1. The number of nitrogens with two attached hydrogens (primary N) is 1. The molecule has 1 amide bonds. The van der Waals surface area contributed by atoms with Crippen LogP contribution in [0.25, 0.3) is 0 Å². The second-order valence-electron chi connectivity index (χ2n) is 11.7. The molecule has 10 nitrogen and oxygen atoms in total. The molecule has 0 spiro atoms. The van der Waals surface area contributed by atoms with Crippen LogP contribution < -0.4 is 10.6 Å². The summed E-state index contributed by atoms with van der Waals surface area (Å²) in [5.41, 5.74) is 4.16. The van der Waals surface area contributed by atoms with Gasteiger partial charge in [0.15, 0.2) is 11.4 Å². The summed E-state index contributed by atoms with van der Waals surface area (Å²) in [5.74, 6) is -7.16. The molecule has 4 atom stereocenters. The van der Waals surface area contributed by atoms with E-state index in [0.717, 1.165) is 5.56 Å². The molecule has 6 N–H and O–H groups in total. The van der Waals surface area contributed by atoms with E-state index in [9.17, 15) is 39.2 Å². The van der Waals surface area contributed by atoms with Gasteiger partial charge in [0, 0.05) is 31.3 Å². The number of amides is 1. The second kappa shape index (κ2) is 10.2. The van der Waals surface area contributed by atoms with Crippen LogP contribution in [0.3, 0.4) is 0 Å². The zero-order chi connectivity index (χ0) is 30.8. The maximum Gasteiger partial charge on any atom is 0.255 e. The highest BCUT2D eigenvalue weighted by Gasteiger charge is 2.63. The first-order valence-electron chi connectivity index (χ1n) is 13.6. The normalized spacial score (nSPS) is 25.4. The number of halogens is 1. The Morgan fingerprint density at radius 1 is 1.07 bits per heavy atom. The monoisotopic (exact) mass is 579 g/mol. The summed E-state index contributed by atoms with van der Waals surface area (Å²) < 4.78 is 13.4. The van der Waals surface area contributed by atoms with E-state index in [0.29, 0.717) is 29.7 Å². The number of carbonyl (C=O) groups is 3. The number of nitrogens with zero attached hydrogens (tertiary/aromatic N) is 2. The number of aromatic hydroxyl groups is 1. The largest absolute Gasteiger partial charge is 0.510 e. The maximum absolute atomic E-state index is 14.1. The number of aryl methyl sites for hydroxylation is 2. The van der Waals surface area contributed by atoms with Crippen LogP contribution in [-0.4, -0.2) is 82.6 Å². The quantitative estimate of drug-likeness (QED) is 0.322. The van der Waals surface area contributed by atoms with Crippen LogP contribution in [0.4, 0.5) is 10.1 Å². The Bertz CT molecular complexity index is 1580. The van der Waals surface area contributed by atoms with E-state index < -0.39 is 58.0 Å². The molecule has 5 rings (SSSR count). The van der Waals surface area contributed by atoms with E-state index in [1.807, 2.05) is 4.90 Å². The van der Waals surface area contributed by atoms with E-state index >= 15 is 0 Å². The molecule has 0 radical (unpaired) electrons. The Kier molecular flexibility index (Phi) is 7.14. The van der Waals surface area contributed by atoms with Gasteiger partial charge in [0.05, 0.1) is 11.6 Å². The average Bonchev–Trinajstić information content (AvgIpc) is 2.90. The van der Waals surface area contributed by atoms with Crippen LogP contribution in [0.5, 0.6) is 5.75 Å². The van der Waals surface area contributed by atoms with Gasteiger partial charge in [-0.2, -0.15) is 0 Å². The molecule has 2 aromatic carbocycles. The van der Waals surface area contributed by atoms with Crippen molar-refractivity contribution in [3.05, 3.63) is 81.1 Å². The minimum Gasteiger partial charge on any atom is -0.510 e. The van der Waals surface area contributed by atoms with Gasteiger partial charge in [0.1, 0.15) is 28.7 Å². The van der Waals surface area contributed by atoms with E-state index in [1.54, 1.807) is 46.4 Å². The number of ketones is 2. The predicted molar refractivity (Wildman–Crippen MR) is 152 cm³/mol. The van der Waals surface area contributed by atoms with Crippen LogP contribution in [-0.2, 0) is 28.9 Å². The standard InChI is InChI=1S/C31H34FN3O7/c1-34(2)20-13-15(8-5-14-6-9-17(32)10-7-14)25(36)22-18(20)11-16-12-19-24(35(3)4)27(38)23(30(33)41)29(40)31(19,42)28(39)21(16)26(22)37/h6-7,9-10,13,16,19,24,36,38-39,42H,5,8,11-12H2,1-4H3,(H2,33,41)/t16-,19-,24-,31-/m1/s1. The maximum atomic E-state index is 14.1. The molecule has 0 fully saturated rings. The van der Waals surface area contributed by atoms with E-state index in [1.165, 1.54) is 17.0 Å². The number of hydrogen-bond acceptors (Lipinski definition) is 9. The van der Waals surface area contributed by atoms with E-state index in [-0.39, 0.29) is 35.5 Å². The molecule has 0 saturated heterocycles. The smallest absolute Gasteiger partial charge is 0.255 e. The van der Waals surface area contributed by atoms with Crippen molar-refractivity contribution in [2.24, 2.45) is 17.6 Å². The fourth-order valence-corrected chi connectivity index (χ4v) is 6.87. The Hall–Kier alpha value is -4.22. The fourth-order valence-electron chi connectivity index (χ4n) is 6.87. The van der Waals surface area contributed by atoms with Crippen LogP contribution in [0, 0.1) is 17.7 Å². The molecule has 0 unspecified atom stereocenters. The van der Waals surface area contributed by atoms with Gasteiger partial charge in [-0.25, -0.2) is 4.39 Å². The van der Waals surface area contributed by atoms with Crippen LogP contribution in [0.15, 0.2) is 53.0 Å². The number of hydrogen-bond donors (Lipinski definition) is 5. The van der Waals surface area contributed by atoms with E-state index in [2.05, 4.69) is 0 Å². The topological polar surface area (TPSA) is 165 Å². The molecule has 2 aromatic rings. The van der Waals surface area contributed by atoms with Crippen molar-refractivity contribution in [2.45, 2.75) is 37.3 Å². The van der Waals surface area contributed by atoms with Crippen molar-refractivity contribution < 1.29 is 39.2 Å². The number of rotatable bonds is 6. The van der Waals surface area contributed by atoms with Crippen LogP contribution >= 0.6 is 0 Å². The Morgan fingerprint density at radius 3 is 2.29 bits per heavy atom. The Morgan fingerprint density at radius 2 is 1.71 bits per heavy atom. The van der Waals surface area contributed by atoms with Gasteiger partial charge in [0.25, 0.3) is 5.91 Å². The number of primary amides is 1. The molecule has 222 valence electrons. The minimum atomic E-state index is -2.69. The predicted octanol–water partition coefficient (Wildman–Crippen LogP) is 2.11. The number of likely N-dealkylation sites (N-methyl/N-ethyl adjacent to an activating group) is 1. The number of Topliss-reactive ketones (excluding diaryl/α,β-unsaturated/α-hetero) is 2. The molecule has 3 aliphatic carbocycles. The lowest BCUT2D eigenvalue weighted by molar-refractivity contribution is -0.148. The van der Waals surface area contributed by atoms with Gasteiger partial charge >= 0.3 is 0 Å². The average molecular weight is 580 g/mol. The third kappa shape index (κ3) is 4.26. The lowest BCUT2D eigenvalue weighted by Crippen LogP contribution is -2.63. The highest BCUT2D eigenvalue weighted by Crippen LogP contribution is 2.53. The van der Waals surface area contributed by atoms with Crippen molar-refractivity contribution in [3.8, 4) is 5.75 Å². The van der Waals surface area contributed by atoms with Gasteiger partial charge in [-0.15, -0.1) is 0 Å². The molecular weight excluding hydrogens is 545 g/mol. The van der Waals surface area contributed by atoms with Gasteiger partial charge in [0.2, 0.25) is 5.78 Å². The van der Waals surface area contributed by atoms with E-state index in [4.69, 9.17) is 5.73 Å². The van der Waals surface area contributed by atoms with Crippen molar-refractivity contribution >= 4 is 23.2 Å². The zero-order valence-corrected chi connectivity index (χ0v) is 23.8. The molecule has 0 aromatic heterocycles. The summed E-state index contributed by atoms with van der Waals surface area (Å²) >= 11 is 0. The lowest BCUT2D eigenvalue weighted by Gasteiger charge is -2.50. The summed E-state index contributed by atoms with van der Waals surface area (Å²) in [6, 6.07) is 6.73. The zero-order valence-electron chi connectivity index (χ0n) is 23.8. The molecule has 42 heavy (non-hydrogen) atoms. The Labute approximate surface area is 242 Å². The van der Waals surface area contributed by atoms with Crippen LogP contribution in [0.1, 0.15) is 33.5 Å². The second-order valence-corrected chi connectivity index (χ2v) is 11.7. The number of aliphatic hydroxyl groups is 3. The summed E-state index contributed by atoms with van der Waals surface area (Å²) in [7, 11) is 6.78. The van der Waals surface area contributed by atoms with Gasteiger partial charge in [-0.3, -0.25) is 19.3 Å². The molecular formula is C31H34FN3O7. The Balaban J connectivity index is 1.64. The number of phenolic OH excluding ortho intramolecular Hbond substituents is 1. The molecule has 11 heteroatoms. The fraction of sp³-hybridized carbons (Fsp3) is 0.387. The molecule has 0 bridgehead atoms. The highest BCUT2D eigenvalue weighted by atomic mass is 19.1. The van der Waals surface area contributed by atoms with Gasteiger partial charge in [-0.05, 0) is 80.6 Å². The van der Waals surface area contributed by atoms with Crippen molar-refractivity contribution in [1.29, 1.82) is 0 Å². The lowest BCUT2D eigenvalue weighted by atomic mass is 9.58. The number of anilines is 1. The minimum absolute atomic E-state index is 0.0196. The molecule has 0 heterocycles. The number of fused-ring (bicyclic) bond motifs is 3. The van der Waals surface area contributed by atoms with Gasteiger partial charge in [-0.1, -0.05) is 12.1 Å². The summed E-state index contributed by atoms with van der Waals surface area (Å²) in [4.78, 5) is 43.1. The number of aliphatic hydroxyl groups excluding tert-OH is 2. The van der Waals surface area contributed by atoms with Crippen molar-refractivity contribution in [2.75, 3.05) is 33.1 Å². The number of carbonyl (C=O) groups excluding carboxylic acids is 3. The molecule has 3 aliphatic rings.